The van der Waals surface area contributed by atoms with E-state index in [2.05, 4.69) is 5.48 Å². The summed E-state index contributed by atoms with van der Waals surface area (Å²) in [5, 5.41) is 0. The Labute approximate surface area is 243 Å². The molecule has 0 bridgehead atoms. The van der Waals surface area contributed by atoms with E-state index in [-0.39, 0.29) is 25.7 Å². The highest BCUT2D eigenvalue weighted by molar-refractivity contribution is 6.45. The van der Waals surface area contributed by atoms with Gasteiger partial charge in [-0.25, -0.2) is 15.1 Å². The fraction of sp³-hybridized carbons (Fsp3) is 0.548. The fourth-order valence-electron chi connectivity index (χ4n) is 5.48. The zero-order chi connectivity index (χ0) is 29.5. The highest BCUT2D eigenvalue weighted by Crippen LogP contribution is 2.39. The number of ether oxygens (including phenoxy) is 2. The number of esters is 1. The summed E-state index contributed by atoms with van der Waals surface area (Å²) in [7, 11) is 1.04. The third-order valence-corrected chi connectivity index (χ3v) is 8.39. The molecule has 2 aromatic carbocycles. The molecule has 2 heterocycles. The number of hydrogen-bond acceptors (Lipinski definition) is 8. The Morgan fingerprint density at radius 1 is 0.951 bits per heavy atom. The maximum atomic E-state index is 13.5. The van der Waals surface area contributed by atoms with Gasteiger partial charge in [-0.1, -0.05) is 67.1 Å². The number of nitrogens with one attached hydrogen (secondary N) is 1. The third-order valence-electron chi connectivity index (χ3n) is 8.39. The molecular weight excluding hydrogens is 523 g/mol. The van der Waals surface area contributed by atoms with Crippen molar-refractivity contribution in [2.24, 2.45) is 5.92 Å². The van der Waals surface area contributed by atoms with Gasteiger partial charge in [-0.2, -0.15) is 0 Å². The van der Waals surface area contributed by atoms with Crippen molar-refractivity contribution in [2.45, 2.75) is 89.8 Å². The normalized spacial score (nSPS) is 23.0. The molecule has 0 aliphatic carbocycles. The van der Waals surface area contributed by atoms with Crippen molar-refractivity contribution in [2.75, 3.05) is 13.7 Å². The summed E-state index contributed by atoms with van der Waals surface area (Å²) in [4.78, 5) is 33.8. The highest BCUT2D eigenvalue weighted by atomic mass is 16.7. The molecular formula is C31H43BN2O7. The number of hydroxylamine groups is 1. The van der Waals surface area contributed by atoms with Crippen LogP contribution in [0.1, 0.15) is 58.1 Å². The predicted molar refractivity (Wildman–Crippen MR) is 156 cm³/mol. The van der Waals surface area contributed by atoms with E-state index in [0.717, 1.165) is 17.5 Å². The maximum Gasteiger partial charge on any atom is 0.457 e. The van der Waals surface area contributed by atoms with E-state index in [4.69, 9.17) is 23.6 Å². The van der Waals surface area contributed by atoms with E-state index in [1.54, 1.807) is 0 Å². The molecule has 222 valence electrons. The Hall–Kier alpha value is -2.92. The summed E-state index contributed by atoms with van der Waals surface area (Å²) >= 11 is 0. The minimum Gasteiger partial charge on any atom is -0.467 e. The quantitative estimate of drug-likeness (QED) is 0.163. The van der Waals surface area contributed by atoms with Gasteiger partial charge in [0.2, 0.25) is 0 Å². The summed E-state index contributed by atoms with van der Waals surface area (Å²) in [6.07, 6.45) is 2.22. The fourth-order valence-corrected chi connectivity index (χ4v) is 5.48. The minimum atomic E-state index is -0.762. The first kappa shape index (κ1) is 31.0. The molecule has 2 saturated heterocycles. The SMILES string of the molecule is COC(=O)[C@@H]1[C@H](CCCB2OC(C)(C)C(C)(C)O2)CC(CNOCc2ccccc2)N1C(=O)OCc1ccccc1. The van der Waals surface area contributed by atoms with Crippen LogP contribution in [0.25, 0.3) is 0 Å². The van der Waals surface area contributed by atoms with Crippen LogP contribution in [0, 0.1) is 5.92 Å². The highest BCUT2D eigenvalue weighted by Gasteiger charge is 2.51. The van der Waals surface area contributed by atoms with Gasteiger partial charge in [-0.3, -0.25) is 9.74 Å². The molecule has 0 spiro atoms. The van der Waals surface area contributed by atoms with Gasteiger partial charge < -0.3 is 18.8 Å². The number of amides is 1. The summed E-state index contributed by atoms with van der Waals surface area (Å²) in [5.74, 6) is -0.565. The van der Waals surface area contributed by atoms with Crippen molar-refractivity contribution in [1.29, 1.82) is 0 Å². The van der Waals surface area contributed by atoms with Crippen LogP contribution in [0.5, 0.6) is 0 Å². The lowest BCUT2D eigenvalue weighted by atomic mass is 9.80. The molecule has 9 nitrogen and oxygen atoms in total. The monoisotopic (exact) mass is 566 g/mol. The van der Waals surface area contributed by atoms with Gasteiger partial charge >= 0.3 is 19.2 Å². The number of likely N-dealkylation sites (tertiary alicyclic amines) is 1. The Balaban J connectivity index is 1.42. The minimum absolute atomic E-state index is 0.112. The molecule has 10 heteroatoms. The van der Waals surface area contributed by atoms with Crippen LogP contribution < -0.4 is 5.48 Å². The van der Waals surface area contributed by atoms with Crippen LogP contribution in [0.3, 0.4) is 0 Å². The van der Waals surface area contributed by atoms with Crippen LogP contribution in [0.4, 0.5) is 4.79 Å². The summed E-state index contributed by atoms with van der Waals surface area (Å²) in [6.45, 7) is 8.97. The summed E-state index contributed by atoms with van der Waals surface area (Å²) in [5.41, 5.74) is 4.12. The molecule has 4 rings (SSSR count). The zero-order valence-electron chi connectivity index (χ0n) is 24.8. The second-order valence-electron chi connectivity index (χ2n) is 11.8. The molecule has 41 heavy (non-hydrogen) atoms. The number of benzene rings is 2. The summed E-state index contributed by atoms with van der Waals surface area (Å²) in [6, 6.07) is 18.2. The first-order valence-corrected chi connectivity index (χ1v) is 14.4. The van der Waals surface area contributed by atoms with Gasteiger partial charge in [0.25, 0.3) is 0 Å². The number of carbonyl (C=O) groups is 2. The molecule has 0 radical (unpaired) electrons. The molecule has 3 atom stereocenters. The van der Waals surface area contributed by atoms with Crippen molar-refractivity contribution in [1.82, 2.24) is 10.4 Å². The van der Waals surface area contributed by atoms with E-state index in [9.17, 15) is 9.59 Å². The van der Waals surface area contributed by atoms with Gasteiger partial charge in [-0.15, -0.1) is 0 Å². The van der Waals surface area contributed by atoms with Crippen LogP contribution in [0.2, 0.25) is 6.32 Å². The van der Waals surface area contributed by atoms with Crippen molar-refractivity contribution in [3.63, 3.8) is 0 Å². The Bertz CT molecular complexity index is 1120. The Morgan fingerprint density at radius 3 is 2.12 bits per heavy atom. The second-order valence-corrected chi connectivity index (χ2v) is 11.8. The van der Waals surface area contributed by atoms with Crippen molar-refractivity contribution >= 4 is 19.2 Å². The average molecular weight is 567 g/mol. The van der Waals surface area contributed by atoms with Crippen molar-refractivity contribution in [3.05, 3.63) is 71.8 Å². The van der Waals surface area contributed by atoms with Crippen LogP contribution in [-0.4, -0.2) is 61.0 Å². The van der Waals surface area contributed by atoms with Gasteiger partial charge in [0.15, 0.2) is 0 Å². The maximum absolute atomic E-state index is 13.5. The third kappa shape index (κ3) is 7.89. The molecule has 2 aromatic rings. The topological polar surface area (TPSA) is 95.6 Å². The number of carbonyl (C=O) groups excluding carboxylic acids is 2. The van der Waals surface area contributed by atoms with E-state index in [1.165, 1.54) is 12.0 Å². The molecule has 1 N–H and O–H groups in total. The second kappa shape index (κ2) is 13.8. The molecule has 1 amide bonds. The van der Waals surface area contributed by atoms with Crippen molar-refractivity contribution in [3.8, 4) is 0 Å². The lowest BCUT2D eigenvalue weighted by Crippen LogP contribution is -2.49. The standard InChI is InChI=1S/C31H43BN2O7/c1-30(2)31(3,4)41-32(40-30)18-12-17-25-19-26(20-33-39-22-24-15-10-7-11-16-24)34(27(25)28(35)37-5)29(36)38-21-23-13-8-6-9-14-23/h6-11,13-16,25-27,33H,12,17-22H2,1-5H3/t25-,26?,27+/m1/s1. The van der Waals surface area contributed by atoms with Crippen LogP contribution >= 0.6 is 0 Å². The van der Waals surface area contributed by atoms with Crippen LogP contribution in [0.15, 0.2) is 60.7 Å². The molecule has 0 aromatic heterocycles. The van der Waals surface area contributed by atoms with E-state index in [1.807, 2.05) is 88.4 Å². The van der Waals surface area contributed by atoms with Gasteiger partial charge in [0.05, 0.1) is 31.0 Å². The number of nitrogens with zero attached hydrogens (tertiary/aromatic N) is 1. The predicted octanol–water partition coefficient (Wildman–Crippen LogP) is 5.15. The van der Waals surface area contributed by atoms with E-state index in [0.29, 0.717) is 32.3 Å². The largest absolute Gasteiger partial charge is 0.467 e. The number of rotatable bonds is 12. The Morgan fingerprint density at radius 2 is 1.54 bits per heavy atom. The molecule has 1 unspecified atom stereocenters. The molecule has 0 saturated carbocycles. The summed E-state index contributed by atoms with van der Waals surface area (Å²) < 4.78 is 23.2. The van der Waals surface area contributed by atoms with Crippen molar-refractivity contribution < 1.29 is 33.2 Å². The van der Waals surface area contributed by atoms with Gasteiger partial charge in [0, 0.05) is 6.54 Å². The van der Waals surface area contributed by atoms with Gasteiger partial charge in [-0.05, 0) is 63.9 Å². The van der Waals surface area contributed by atoms with Gasteiger partial charge in [0.1, 0.15) is 12.6 Å². The first-order valence-electron chi connectivity index (χ1n) is 14.4. The van der Waals surface area contributed by atoms with Crippen LogP contribution in [-0.2, 0) is 41.6 Å². The van der Waals surface area contributed by atoms with E-state index >= 15 is 0 Å². The molecule has 2 fully saturated rings. The Kier molecular flexibility index (Phi) is 10.5. The van der Waals surface area contributed by atoms with E-state index < -0.39 is 29.3 Å². The molecule has 2 aliphatic heterocycles. The lowest BCUT2D eigenvalue weighted by molar-refractivity contribution is -0.147. The number of methoxy groups -OCH3 is 1. The zero-order valence-corrected chi connectivity index (χ0v) is 24.8. The average Bonchev–Trinajstić information content (AvgIpc) is 3.42. The molecule has 2 aliphatic rings. The number of hydrogen-bond donors (Lipinski definition) is 1. The first-order chi connectivity index (χ1) is 19.6. The smallest absolute Gasteiger partial charge is 0.457 e. The lowest BCUT2D eigenvalue weighted by Gasteiger charge is -2.32.